The number of rotatable bonds is 2. The van der Waals surface area contributed by atoms with Crippen LogP contribution in [-0.4, -0.2) is 60.1 Å². The van der Waals surface area contributed by atoms with Gasteiger partial charge in [-0.3, -0.25) is 9.69 Å². The van der Waals surface area contributed by atoms with Crippen LogP contribution in [0.3, 0.4) is 0 Å². The fourth-order valence-corrected chi connectivity index (χ4v) is 1.86. The summed E-state index contributed by atoms with van der Waals surface area (Å²) in [7, 11) is 2.09. The van der Waals surface area contributed by atoms with Crippen molar-refractivity contribution in [3.05, 3.63) is 0 Å². The number of carboxylic acids is 1. The van der Waals surface area contributed by atoms with Gasteiger partial charge in [-0.2, -0.15) is 0 Å². The van der Waals surface area contributed by atoms with E-state index in [2.05, 4.69) is 16.8 Å². The molecule has 68 valence electrons. The van der Waals surface area contributed by atoms with Crippen LogP contribution in [0.4, 0.5) is 0 Å². The number of hydrogen-bond donors (Lipinski definition) is 1. The molecule has 4 nitrogen and oxygen atoms in total. The fraction of sp³-hybridized carbons (Fsp3) is 0.875. The van der Waals surface area contributed by atoms with Gasteiger partial charge in [-0.25, -0.2) is 0 Å². The Balaban J connectivity index is 1.72. The van der Waals surface area contributed by atoms with Gasteiger partial charge in [0.1, 0.15) is 0 Å². The molecule has 0 spiro atoms. The highest BCUT2D eigenvalue weighted by Gasteiger charge is 2.40. The van der Waals surface area contributed by atoms with Gasteiger partial charge in [0, 0.05) is 32.2 Å². The maximum atomic E-state index is 10.5. The van der Waals surface area contributed by atoms with Crippen molar-refractivity contribution >= 4 is 5.97 Å². The monoisotopic (exact) mass is 170 g/mol. The third-order valence-electron chi connectivity index (χ3n) is 2.82. The molecule has 2 fully saturated rings. The number of carbonyl (C=O) groups is 1. The number of carboxylic acid groups (broad SMARTS) is 1. The second-order valence-corrected chi connectivity index (χ2v) is 3.86. The molecule has 1 N–H and O–H groups in total. The summed E-state index contributed by atoms with van der Waals surface area (Å²) in [6.45, 7) is 3.72. The van der Waals surface area contributed by atoms with Gasteiger partial charge in [-0.05, 0) is 7.05 Å². The fourth-order valence-electron chi connectivity index (χ4n) is 1.86. The Morgan fingerprint density at radius 3 is 2.33 bits per heavy atom. The Morgan fingerprint density at radius 1 is 1.33 bits per heavy atom. The number of likely N-dealkylation sites (tertiary alicyclic amines) is 2. The number of likely N-dealkylation sites (N-methyl/N-ethyl adjacent to an activating group) is 1. The van der Waals surface area contributed by atoms with Crippen molar-refractivity contribution < 1.29 is 9.90 Å². The van der Waals surface area contributed by atoms with Gasteiger partial charge in [0.15, 0.2) is 0 Å². The van der Waals surface area contributed by atoms with Gasteiger partial charge in [-0.15, -0.1) is 0 Å². The predicted octanol–water partition coefficient (Wildman–Crippen LogP) is -0.683. The summed E-state index contributed by atoms with van der Waals surface area (Å²) in [5.41, 5.74) is 0. The van der Waals surface area contributed by atoms with Crippen molar-refractivity contribution in [2.24, 2.45) is 5.92 Å². The van der Waals surface area contributed by atoms with E-state index in [1.165, 1.54) is 0 Å². The molecule has 2 saturated heterocycles. The van der Waals surface area contributed by atoms with Gasteiger partial charge in [0.05, 0.1) is 5.92 Å². The topological polar surface area (TPSA) is 43.8 Å². The lowest BCUT2D eigenvalue weighted by atomic mass is 9.95. The van der Waals surface area contributed by atoms with Crippen LogP contribution >= 0.6 is 0 Å². The average molecular weight is 170 g/mol. The van der Waals surface area contributed by atoms with E-state index >= 15 is 0 Å². The molecule has 2 rings (SSSR count). The van der Waals surface area contributed by atoms with Crippen molar-refractivity contribution in [3.8, 4) is 0 Å². The van der Waals surface area contributed by atoms with Gasteiger partial charge in [-0.1, -0.05) is 0 Å². The van der Waals surface area contributed by atoms with E-state index in [1.807, 2.05) is 0 Å². The molecule has 0 radical (unpaired) electrons. The Morgan fingerprint density at radius 2 is 1.92 bits per heavy atom. The molecule has 0 aromatic carbocycles. The summed E-state index contributed by atoms with van der Waals surface area (Å²) in [4.78, 5) is 15.0. The smallest absolute Gasteiger partial charge is 0.309 e. The van der Waals surface area contributed by atoms with Crippen molar-refractivity contribution in [2.45, 2.75) is 6.04 Å². The third-order valence-corrected chi connectivity index (χ3v) is 2.82. The van der Waals surface area contributed by atoms with E-state index in [1.54, 1.807) is 0 Å². The van der Waals surface area contributed by atoms with Gasteiger partial charge in [0.2, 0.25) is 0 Å². The number of aliphatic carboxylic acids is 1. The van der Waals surface area contributed by atoms with E-state index in [0.717, 1.165) is 26.2 Å². The standard InChI is InChI=1S/C8H14N2O2/c1-9-4-7(5-9)10-2-6(3-10)8(11)12/h6-7H,2-5H2,1H3,(H,11,12). The molecule has 0 aromatic rings. The molecule has 4 heteroatoms. The summed E-state index contributed by atoms with van der Waals surface area (Å²) >= 11 is 0. The molecule has 0 amide bonds. The van der Waals surface area contributed by atoms with Crippen molar-refractivity contribution in [1.82, 2.24) is 9.80 Å². The number of hydrogen-bond acceptors (Lipinski definition) is 3. The molecule has 0 aliphatic carbocycles. The lowest BCUT2D eigenvalue weighted by molar-refractivity contribution is -0.150. The molecule has 2 aliphatic rings. The van der Waals surface area contributed by atoms with Crippen LogP contribution in [0.2, 0.25) is 0 Å². The van der Waals surface area contributed by atoms with Crippen LogP contribution in [0.15, 0.2) is 0 Å². The first-order valence-electron chi connectivity index (χ1n) is 4.32. The minimum Gasteiger partial charge on any atom is -0.481 e. The maximum absolute atomic E-state index is 10.5. The zero-order valence-corrected chi connectivity index (χ0v) is 7.23. The molecule has 0 bridgehead atoms. The lowest BCUT2D eigenvalue weighted by Gasteiger charge is -2.49. The first-order chi connectivity index (χ1) is 5.66. The largest absolute Gasteiger partial charge is 0.481 e. The molecule has 0 saturated carbocycles. The molecule has 2 aliphatic heterocycles. The SMILES string of the molecule is CN1CC(N2CC(C(=O)O)C2)C1. The first kappa shape index (κ1) is 8.01. The Bertz CT molecular complexity index is 195. The van der Waals surface area contributed by atoms with Crippen LogP contribution in [0.1, 0.15) is 0 Å². The molecule has 0 aromatic heterocycles. The van der Waals surface area contributed by atoms with E-state index in [9.17, 15) is 4.79 Å². The van der Waals surface area contributed by atoms with Gasteiger partial charge < -0.3 is 10.0 Å². The summed E-state index contributed by atoms with van der Waals surface area (Å²) in [5.74, 6) is -0.741. The highest BCUT2D eigenvalue weighted by molar-refractivity contribution is 5.71. The summed E-state index contributed by atoms with van der Waals surface area (Å²) in [6, 6.07) is 0.630. The van der Waals surface area contributed by atoms with Crippen molar-refractivity contribution in [2.75, 3.05) is 33.2 Å². The van der Waals surface area contributed by atoms with Crippen molar-refractivity contribution in [3.63, 3.8) is 0 Å². The molecule has 12 heavy (non-hydrogen) atoms. The molecular weight excluding hydrogens is 156 g/mol. The quantitative estimate of drug-likeness (QED) is 0.596. The lowest BCUT2D eigenvalue weighted by Crippen LogP contribution is -2.65. The second kappa shape index (κ2) is 2.71. The normalized spacial score (nSPS) is 28.1. The van der Waals surface area contributed by atoms with Crippen LogP contribution < -0.4 is 0 Å². The maximum Gasteiger partial charge on any atom is 0.309 e. The van der Waals surface area contributed by atoms with E-state index in [4.69, 9.17) is 5.11 Å². The first-order valence-corrected chi connectivity index (χ1v) is 4.32. The van der Waals surface area contributed by atoms with Crippen LogP contribution in [-0.2, 0) is 4.79 Å². The molecular formula is C8H14N2O2. The van der Waals surface area contributed by atoms with Crippen LogP contribution in [0, 0.1) is 5.92 Å². The van der Waals surface area contributed by atoms with Crippen LogP contribution in [0.5, 0.6) is 0 Å². The Labute approximate surface area is 71.8 Å². The minimum absolute atomic E-state index is 0.101. The molecule has 2 heterocycles. The highest BCUT2D eigenvalue weighted by atomic mass is 16.4. The Kier molecular flexibility index (Phi) is 1.81. The van der Waals surface area contributed by atoms with E-state index < -0.39 is 5.97 Å². The summed E-state index contributed by atoms with van der Waals surface area (Å²) in [6.07, 6.45) is 0. The van der Waals surface area contributed by atoms with Crippen molar-refractivity contribution in [1.29, 1.82) is 0 Å². The third kappa shape index (κ3) is 1.21. The van der Waals surface area contributed by atoms with Gasteiger partial charge in [0.25, 0.3) is 0 Å². The zero-order chi connectivity index (χ0) is 8.72. The van der Waals surface area contributed by atoms with E-state index in [-0.39, 0.29) is 5.92 Å². The minimum atomic E-state index is -0.640. The van der Waals surface area contributed by atoms with Crippen LogP contribution in [0.25, 0.3) is 0 Å². The molecule has 0 atom stereocenters. The Hall–Kier alpha value is -0.610. The molecule has 0 unspecified atom stereocenters. The zero-order valence-electron chi connectivity index (χ0n) is 7.23. The highest BCUT2D eigenvalue weighted by Crippen LogP contribution is 2.23. The second-order valence-electron chi connectivity index (χ2n) is 3.86. The predicted molar refractivity (Wildman–Crippen MR) is 44.0 cm³/mol. The van der Waals surface area contributed by atoms with E-state index in [0.29, 0.717) is 6.04 Å². The summed E-state index contributed by atoms with van der Waals surface area (Å²) < 4.78 is 0. The number of nitrogens with zero attached hydrogens (tertiary/aromatic N) is 2. The summed E-state index contributed by atoms with van der Waals surface area (Å²) in [5, 5.41) is 8.64. The van der Waals surface area contributed by atoms with Gasteiger partial charge >= 0.3 is 5.97 Å². The average Bonchev–Trinajstić information content (AvgIpc) is 1.79.